The largest absolute Gasteiger partial charge is 0.468 e. The molecule has 1 atom stereocenters. The molecule has 0 radical (unpaired) electrons. The van der Waals surface area contributed by atoms with Gasteiger partial charge in [-0.25, -0.2) is 0 Å². The van der Waals surface area contributed by atoms with Crippen molar-refractivity contribution in [2.75, 3.05) is 26.2 Å². The van der Waals surface area contributed by atoms with Gasteiger partial charge in [0.15, 0.2) is 0 Å². The average molecular weight is 253 g/mol. The van der Waals surface area contributed by atoms with Crippen LogP contribution in [-0.4, -0.2) is 31.1 Å². The summed E-state index contributed by atoms with van der Waals surface area (Å²) in [7, 11) is 0. The van der Waals surface area contributed by atoms with Crippen molar-refractivity contribution in [3.63, 3.8) is 0 Å². The first kappa shape index (κ1) is 14.8. The van der Waals surface area contributed by atoms with Crippen molar-refractivity contribution in [1.82, 2.24) is 10.2 Å². The second-order valence-corrected chi connectivity index (χ2v) is 3.48. The Morgan fingerprint density at radius 3 is 2.53 bits per heavy atom. The number of hydrogen-bond donors (Lipinski definition) is 1. The minimum atomic E-state index is 0. The number of rotatable bonds is 2. The molecule has 5 heteroatoms. The Hall–Kier alpha value is -0.220. The third-order valence-corrected chi connectivity index (χ3v) is 2.65. The molecule has 1 aromatic heterocycles. The minimum absolute atomic E-state index is 0. The van der Waals surface area contributed by atoms with Crippen LogP contribution in [0, 0.1) is 0 Å². The van der Waals surface area contributed by atoms with Crippen LogP contribution in [0.15, 0.2) is 22.8 Å². The number of piperazine rings is 1. The Balaban J connectivity index is 0.000000980. The highest BCUT2D eigenvalue weighted by molar-refractivity contribution is 5.85. The minimum Gasteiger partial charge on any atom is -0.468 e. The van der Waals surface area contributed by atoms with Gasteiger partial charge in [-0.05, 0) is 19.1 Å². The molecule has 0 bridgehead atoms. The fraction of sp³-hybridized carbons (Fsp3) is 0.600. The molecule has 15 heavy (non-hydrogen) atoms. The van der Waals surface area contributed by atoms with E-state index in [0.29, 0.717) is 6.04 Å². The molecule has 1 aliphatic heterocycles. The molecular weight excluding hydrogens is 235 g/mol. The zero-order valence-corrected chi connectivity index (χ0v) is 10.4. The number of nitrogens with one attached hydrogen (secondary N) is 1. The maximum absolute atomic E-state index is 5.39. The van der Waals surface area contributed by atoms with Crippen LogP contribution in [0.5, 0.6) is 0 Å². The summed E-state index contributed by atoms with van der Waals surface area (Å²) in [6.07, 6.45) is 1.74. The Morgan fingerprint density at radius 1 is 1.33 bits per heavy atom. The van der Waals surface area contributed by atoms with Crippen LogP contribution >= 0.6 is 24.8 Å². The lowest BCUT2D eigenvalue weighted by Gasteiger charge is -2.31. The quantitative estimate of drug-likeness (QED) is 0.874. The first-order valence-electron chi connectivity index (χ1n) is 4.86. The van der Waals surface area contributed by atoms with Gasteiger partial charge >= 0.3 is 0 Å². The number of halogens is 2. The Kier molecular flexibility index (Phi) is 7.02. The molecule has 2 rings (SSSR count). The van der Waals surface area contributed by atoms with Crippen LogP contribution in [-0.2, 0) is 0 Å². The van der Waals surface area contributed by atoms with E-state index in [-0.39, 0.29) is 24.8 Å². The molecule has 0 aromatic carbocycles. The highest BCUT2D eigenvalue weighted by atomic mass is 35.5. The van der Waals surface area contributed by atoms with Gasteiger partial charge in [-0.3, -0.25) is 4.90 Å². The van der Waals surface area contributed by atoms with Crippen LogP contribution < -0.4 is 5.32 Å². The third-order valence-electron chi connectivity index (χ3n) is 2.65. The molecule has 2 heterocycles. The molecule has 0 amide bonds. The van der Waals surface area contributed by atoms with Crippen LogP contribution in [0.25, 0.3) is 0 Å². The number of hydrogen-bond acceptors (Lipinski definition) is 3. The monoisotopic (exact) mass is 252 g/mol. The smallest absolute Gasteiger partial charge is 0.120 e. The van der Waals surface area contributed by atoms with Gasteiger partial charge in [-0.2, -0.15) is 0 Å². The van der Waals surface area contributed by atoms with Gasteiger partial charge < -0.3 is 9.73 Å². The van der Waals surface area contributed by atoms with Crippen molar-refractivity contribution in [1.29, 1.82) is 0 Å². The van der Waals surface area contributed by atoms with E-state index in [4.69, 9.17) is 4.42 Å². The van der Waals surface area contributed by atoms with Gasteiger partial charge in [0.2, 0.25) is 0 Å². The SMILES string of the molecule is C[C@H](c1ccco1)N1CCNCC1.Cl.Cl. The van der Waals surface area contributed by atoms with E-state index in [1.54, 1.807) is 6.26 Å². The van der Waals surface area contributed by atoms with Gasteiger partial charge in [0.05, 0.1) is 12.3 Å². The van der Waals surface area contributed by atoms with Crippen molar-refractivity contribution in [2.45, 2.75) is 13.0 Å². The lowest BCUT2D eigenvalue weighted by Crippen LogP contribution is -2.44. The second kappa shape index (κ2) is 7.12. The molecule has 1 N–H and O–H groups in total. The number of furan rings is 1. The lowest BCUT2D eigenvalue weighted by atomic mass is 10.2. The summed E-state index contributed by atoms with van der Waals surface area (Å²) in [6, 6.07) is 4.41. The van der Waals surface area contributed by atoms with E-state index in [1.165, 1.54) is 0 Å². The van der Waals surface area contributed by atoms with Gasteiger partial charge in [0, 0.05) is 26.2 Å². The zero-order valence-electron chi connectivity index (χ0n) is 8.81. The summed E-state index contributed by atoms with van der Waals surface area (Å²) in [4.78, 5) is 2.44. The summed E-state index contributed by atoms with van der Waals surface area (Å²) in [5.41, 5.74) is 0. The topological polar surface area (TPSA) is 28.4 Å². The van der Waals surface area contributed by atoms with Crippen LogP contribution in [0.1, 0.15) is 18.7 Å². The summed E-state index contributed by atoms with van der Waals surface area (Å²) < 4.78 is 5.39. The van der Waals surface area contributed by atoms with E-state index in [9.17, 15) is 0 Å². The first-order chi connectivity index (χ1) is 6.38. The molecule has 0 unspecified atom stereocenters. The average Bonchev–Trinajstić information content (AvgIpc) is 2.71. The van der Waals surface area contributed by atoms with E-state index < -0.39 is 0 Å². The highest BCUT2D eigenvalue weighted by Gasteiger charge is 2.19. The standard InChI is InChI=1S/C10H16N2O.2ClH/c1-9(10-3-2-8-13-10)12-6-4-11-5-7-12;;/h2-3,8-9,11H,4-7H2,1H3;2*1H/t9-;;/m1../s1. The third kappa shape index (κ3) is 3.68. The molecule has 0 spiro atoms. The van der Waals surface area contributed by atoms with Crippen LogP contribution in [0.3, 0.4) is 0 Å². The van der Waals surface area contributed by atoms with Crippen molar-refractivity contribution in [3.8, 4) is 0 Å². The summed E-state index contributed by atoms with van der Waals surface area (Å²) in [5, 5.41) is 3.34. The van der Waals surface area contributed by atoms with E-state index in [2.05, 4.69) is 17.1 Å². The van der Waals surface area contributed by atoms with Gasteiger partial charge in [-0.1, -0.05) is 0 Å². The van der Waals surface area contributed by atoms with Crippen molar-refractivity contribution >= 4 is 24.8 Å². The molecule has 1 fully saturated rings. The van der Waals surface area contributed by atoms with Crippen molar-refractivity contribution in [2.24, 2.45) is 0 Å². The van der Waals surface area contributed by atoms with Crippen molar-refractivity contribution < 1.29 is 4.42 Å². The normalized spacial score (nSPS) is 18.7. The van der Waals surface area contributed by atoms with E-state index in [1.807, 2.05) is 12.1 Å². The molecule has 88 valence electrons. The molecular formula is C10H18Cl2N2O. The molecule has 0 aliphatic carbocycles. The van der Waals surface area contributed by atoms with Gasteiger partial charge in [0.25, 0.3) is 0 Å². The molecule has 1 aliphatic rings. The zero-order chi connectivity index (χ0) is 9.10. The maximum atomic E-state index is 5.39. The highest BCUT2D eigenvalue weighted by Crippen LogP contribution is 2.20. The van der Waals surface area contributed by atoms with E-state index >= 15 is 0 Å². The molecule has 1 saturated heterocycles. The molecule has 0 saturated carbocycles. The van der Waals surface area contributed by atoms with Crippen molar-refractivity contribution in [3.05, 3.63) is 24.2 Å². The predicted octanol–water partition coefficient (Wildman–Crippen LogP) is 2.09. The number of nitrogens with zero attached hydrogens (tertiary/aromatic N) is 1. The predicted molar refractivity (Wildman–Crippen MR) is 66.1 cm³/mol. The molecule has 3 nitrogen and oxygen atoms in total. The molecule has 1 aromatic rings. The van der Waals surface area contributed by atoms with E-state index in [0.717, 1.165) is 31.9 Å². The summed E-state index contributed by atoms with van der Waals surface area (Å²) in [6.45, 7) is 6.60. The summed E-state index contributed by atoms with van der Waals surface area (Å²) >= 11 is 0. The van der Waals surface area contributed by atoms with Gasteiger partial charge in [-0.15, -0.1) is 24.8 Å². The Bertz CT molecular complexity index is 248. The second-order valence-electron chi connectivity index (χ2n) is 3.48. The Labute approximate surface area is 103 Å². The van der Waals surface area contributed by atoms with Crippen LogP contribution in [0.4, 0.5) is 0 Å². The van der Waals surface area contributed by atoms with Crippen LogP contribution in [0.2, 0.25) is 0 Å². The fourth-order valence-corrected chi connectivity index (χ4v) is 1.78. The van der Waals surface area contributed by atoms with Gasteiger partial charge in [0.1, 0.15) is 5.76 Å². The Morgan fingerprint density at radius 2 is 2.00 bits per heavy atom. The maximum Gasteiger partial charge on any atom is 0.120 e. The fourth-order valence-electron chi connectivity index (χ4n) is 1.78. The first-order valence-corrected chi connectivity index (χ1v) is 4.86. The summed E-state index contributed by atoms with van der Waals surface area (Å²) in [5.74, 6) is 1.07. The lowest BCUT2D eigenvalue weighted by molar-refractivity contribution is 0.167.